The van der Waals surface area contributed by atoms with Gasteiger partial charge in [0.1, 0.15) is 4.90 Å². The van der Waals surface area contributed by atoms with Gasteiger partial charge in [0.05, 0.1) is 12.7 Å². The second-order valence-corrected chi connectivity index (χ2v) is 7.61. The van der Waals surface area contributed by atoms with Gasteiger partial charge in [0.25, 0.3) is 0 Å². The van der Waals surface area contributed by atoms with Gasteiger partial charge in [-0.25, -0.2) is 13.1 Å². The molecule has 2 N–H and O–H groups in total. The summed E-state index contributed by atoms with van der Waals surface area (Å²) >= 11 is 0. The van der Waals surface area contributed by atoms with E-state index < -0.39 is 10.0 Å². The number of likely N-dealkylation sites (N-methyl/N-ethyl adjacent to an activating group) is 2. The van der Waals surface area contributed by atoms with Gasteiger partial charge >= 0.3 is 0 Å². The van der Waals surface area contributed by atoms with Crippen LogP contribution in [0.25, 0.3) is 0 Å². The number of sulfonamides is 1. The molecule has 0 spiro atoms. The Hall–Kier alpha value is -0.960. The summed E-state index contributed by atoms with van der Waals surface area (Å²) < 4.78 is 29.0. The molecule has 0 amide bonds. The highest BCUT2D eigenvalue weighted by molar-refractivity contribution is 7.89. The molecule has 1 aromatic rings. The van der Waals surface area contributed by atoms with Crippen molar-refractivity contribution in [2.75, 3.05) is 34.2 Å². The molecule has 1 heterocycles. The average molecular weight is 315 g/mol. The third-order valence-electron chi connectivity index (χ3n) is 4.33. The van der Waals surface area contributed by atoms with E-state index >= 15 is 0 Å². The van der Waals surface area contributed by atoms with E-state index in [9.17, 15) is 8.42 Å². The fraction of sp³-hybridized carbons (Fsp3) is 0.769. The van der Waals surface area contributed by atoms with Crippen LogP contribution in [0.3, 0.4) is 0 Å². The Bertz CT molecular complexity index is 563. The molecule has 0 aliphatic heterocycles. The van der Waals surface area contributed by atoms with Crippen molar-refractivity contribution in [3.63, 3.8) is 0 Å². The molecule has 2 rings (SSSR count). The van der Waals surface area contributed by atoms with E-state index in [1.54, 1.807) is 10.9 Å². The van der Waals surface area contributed by atoms with Crippen LogP contribution >= 0.6 is 0 Å². The van der Waals surface area contributed by atoms with Gasteiger partial charge in [-0.2, -0.15) is 5.10 Å². The van der Waals surface area contributed by atoms with Crippen LogP contribution in [0.4, 0.5) is 0 Å². The Kier molecular flexibility index (Phi) is 5.03. The number of aromatic nitrogens is 2. The van der Waals surface area contributed by atoms with Gasteiger partial charge in [0, 0.05) is 24.8 Å². The smallest absolute Gasteiger partial charge is 0.243 e. The van der Waals surface area contributed by atoms with Crippen molar-refractivity contribution in [3.05, 3.63) is 12.4 Å². The standard InChI is InChI=1S/C13H25N5O2S/c1-14-7-8-18-10-12(9-15-18)21(19,20)16-11-13(17(2)3)5-4-6-13/h9-10,14,16H,4-8,11H2,1-3H3. The van der Waals surface area contributed by atoms with E-state index in [1.807, 2.05) is 21.1 Å². The predicted molar refractivity (Wildman–Crippen MR) is 81.6 cm³/mol. The third-order valence-corrected chi connectivity index (χ3v) is 5.69. The number of hydrogen-bond acceptors (Lipinski definition) is 5. The third kappa shape index (κ3) is 3.63. The van der Waals surface area contributed by atoms with E-state index in [2.05, 4.69) is 20.0 Å². The highest BCUT2D eigenvalue weighted by atomic mass is 32.2. The minimum Gasteiger partial charge on any atom is -0.318 e. The number of hydrogen-bond donors (Lipinski definition) is 2. The normalized spacial score (nSPS) is 17.9. The molecule has 1 aromatic heterocycles. The maximum Gasteiger partial charge on any atom is 0.243 e. The quantitative estimate of drug-likeness (QED) is 0.698. The highest BCUT2D eigenvalue weighted by Crippen LogP contribution is 2.35. The second kappa shape index (κ2) is 6.43. The lowest BCUT2D eigenvalue weighted by molar-refractivity contribution is 0.0657. The maximum atomic E-state index is 12.3. The summed E-state index contributed by atoms with van der Waals surface area (Å²) in [6, 6.07) is 0. The highest BCUT2D eigenvalue weighted by Gasteiger charge is 2.39. The molecule has 0 aromatic carbocycles. The van der Waals surface area contributed by atoms with Crippen molar-refractivity contribution in [2.45, 2.75) is 36.2 Å². The van der Waals surface area contributed by atoms with E-state index in [4.69, 9.17) is 0 Å². The van der Waals surface area contributed by atoms with Gasteiger partial charge < -0.3 is 10.2 Å². The minimum absolute atomic E-state index is 0.0325. The molecule has 0 atom stereocenters. The van der Waals surface area contributed by atoms with Crippen molar-refractivity contribution in [1.29, 1.82) is 0 Å². The zero-order valence-corrected chi connectivity index (χ0v) is 13.8. The van der Waals surface area contributed by atoms with Crippen LogP contribution < -0.4 is 10.0 Å². The Morgan fingerprint density at radius 1 is 1.43 bits per heavy atom. The second-order valence-electron chi connectivity index (χ2n) is 5.84. The van der Waals surface area contributed by atoms with Crippen LogP contribution in [-0.4, -0.2) is 62.9 Å². The molecule has 1 fully saturated rings. The van der Waals surface area contributed by atoms with Gasteiger partial charge in [-0.3, -0.25) is 4.68 Å². The molecule has 0 saturated heterocycles. The lowest BCUT2D eigenvalue weighted by Crippen LogP contribution is -2.57. The van der Waals surface area contributed by atoms with Crippen LogP contribution in [0.1, 0.15) is 19.3 Å². The lowest BCUT2D eigenvalue weighted by Gasteiger charge is -2.47. The monoisotopic (exact) mass is 315 g/mol. The van der Waals surface area contributed by atoms with Gasteiger partial charge in [-0.1, -0.05) is 0 Å². The van der Waals surface area contributed by atoms with Crippen molar-refractivity contribution in [2.24, 2.45) is 0 Å². The largest absolute Gasteiger partial charge is 0.318 e. The fourth-order valence-corrected chi connectivity index (χ4v) is 3.58. The minimum atomic E-state index is -3.49. The van der Waals surface area contributed by atoms with Crippen LogP contribution in [-0.2, 0) is 16.6 Å². The number of nitrogens with one attached hydrogen (secondary N) is 2. The van der Waals surface area contributed by atoms with E-state index in [0.717, 1.165) is 25.8 Å². The van der Waals surface area contributed by atoms with Crippen molar-refractivity contribution in [1.82, 2.24) is 24.7 Å². The zero-order chi connectivity index (χ0) is 15.5. The predicted octanol–water partition coefficient (Wildman–Crippen LogP) is -0.135. The first kappa shape index (κ1) is 16.4. The summed E-state index contributed by atoms with van der Waals surface area (Å²) in [5.74, 6) is 0. The van der Waals surface area contributed by atoms with Gasteiger partial charge in [-0.05, 0) is 40.4 Å². The maximum absolute atomic E-state index is 12.3. The molecule has 8 heteroatoms. The molecule has 120 valence electrons. The first-order valence-electron chi connectivity index (χ1n) is 7.24. The average Bonchev–Trinajstić information content (AvgIpc) is 2.84. The van der Waals surface area contributed by atoms with Gasteiger partial charge in [-0.15, -0.1) is 0 Å². The molecule has 21 heavy (non-hydrogen) atoms. The molecule has 0 bridgehead atoms. The molecular formula is C13H25N5O2S. The topological polar surface area (TPSA) is 79.3 Å². The number of rotatable bonds is 8. The summed E-state index contributed by atoms with van der Waals surface area (Å²) in [4.78, 5) is 2.35. The number of nitrogens with zero attached hydrogens (tertiary/aromatic N) is 3. The summed E-state index contributed by atoms with van der Waals surface area (Å²) in [6.07, 6.45) is 6.19. The SMILES string of the molecule is CNCCn1cc(S(=O)(=O)NCC2(N(C)C)CCC2)cn1. The molecule has 0 unspecified atom stereocenters. The summed E-state index contributed by atoms with van der Waals surface area (Å²) in [7, 11) is 2.37. The van der Waals surface area contributed by atoms with E-state index in [-0.39, 0.29) is 10.4 Å². The molecular weight excluding hydrogens is 290 g/mol. The van der Waals surface area contributed by atoms with E-state index in [0.29, 0.717) is 13.1 Å². The van der Waals surface area contributed by atoms with Crippen molar-refractivity contribution < 1.29 is 8.42 Å². The van der Waals surface area contributed by atoms with Crippen LogP contribution in [0, 0.1) is 0 Å². The Balaban J connectivity index is 2.00. The summed E-state index contributed by atoms with van der Waals surface area (Å²) in [6.45, 7) is 1.84. The van der Waals surface area contributed by atoms with Crippen LogP contribution in [0.5, 0.6) is 0 Å². The first-order chi connectivity index (χ1) is 9.89. The molecule has 1 aliphatic carbocycles. The van der Waals surface area contributed by atoms with Crippen molar-refractivity contribution >= 4 is 10.0 Å². The van der Waals surface area contributed by atoms with E-state index in [1.165, 1.54) is 6.20 Å². The van der Waals surface area contributed by atoms with Gasteiger partial charge in [0.15, 0.2) is 0 Å². The molecule has 1 saturated carbocycles. The van der Waals surface area contributed by atoms with Gasteiger partial charge in [0.2, 0.25) is 10.0 Å². The van der Waals surface area contributed by atoms with Crippen LogP contribution in [0.15, 0.2) is 17.3 Å². The summed E-state index contributed by atoms with van der Waals surface area (Å²) in [5.41, 5.74) is -0.0325. The molecule has 1 aliphatic rings. The molecule has 7 nitrogen and oxygen atoms in total. The Morgan fingerprint density at radius 2 is 2.14 bits per heavy atom. The molecule has 0 radical (unpaired) electrons. The Morgan fingerprint density at radius 3 is 2.67 bits per heavy atom. The zero-order valence-electron chi connectivity index (χ0n) is 13.0. The van der Waals surface area contributed by atoms with Crippen LogP contribution in [0.2, 0.25) is 0 Å². The van der Waals surface area contributed by atoms with Crippen molar-refractivity contribution in [3.8, 4) is 0 Å². The summed E-state index contributed by atoms with van der Waals surface area (Å²) in [5, 5.41) is 7.09. The first-order valence-corrected chi connectivity index (χ1v) is 8.72. The Labute approximate surface area is 126 Å². The lowest BCUT2D eigenvalue weighted by atomic mass is 9.76. The fourth-order valence-electron chi connectivity index (χ4n) is 2.51.